The van der Waals surface area contributed by atoms with Gasteiger partial charge in [-0.25, -0.2) is 0 Å². The van der Waals surface area contributed by atoms with Crippen LogP contribution in [-0.4, -0.2) is 5.91 Å². The second-order valence-electron chi connectivity index (χ2n) is 4.02. The third-order valence-electron chi connectivity index (χ3n) is 2.54. The van der Waals surface area contributed by atoms with Crippen molar-refractivity contribution >= 4 is 23.4 Å². The lowest BCUT2D eigenvalue weighted by atomic mass is 10.1. The number of benzene rings is 1. The molecule has 0 aliphatic carbocycles. The molecule has 1 heterocycles. The summed E-state index contributed by atoms with van der Waals surface area (Å²) < 4.78 is 5.11. The molecular formula is C14H15N3O2. The highest BCUT2D eigenvalue weighted by Gasteiger charge is 2.00. The van der Waals surface area contributed by atoms with E-state index in [1.807, 2.05) is 0 Å². The molecule has 0 saturated carbocycles. The molecule has 0 radical (unpaired) electrons. The van der Waals surface area contributed by atoms with Gasteiger partial charge in [0.05, 0.1) is 12.8 Å². The van der Waals surface area contributed by atoms with Crippen LogP contribution in [0.3, 0.4) is 0 Å². The van der Waals surface area contributed by atoms with Crippen LogP contribution in [-0.2, 0) is 11.3 Å². The molecule has 1 aromatic heterocycles. The number of furan rings is 1. The maximum atomic E-state index is 11.6. The van der Waals surface area contributed by atoms with Gasteiger partial charge in [-0.3, -0.25) is 4.79 Å². The molecule has 0 unspecified atom stereocenters. The van der Waals surface area contributed by atoms with E-state index in [1.54, 1.807) is 42.7 Å². The van der Waals surface area contributed by atoms with Crippen LogP contribution in [0.4, 0.5) is 11.4 Å². The van der Waals surface area contributed by atoms with Gasteiger partial charge < -0.3 is 21.2 Å². The Hall–Kier alpha value is -2.69. The molecule has 0 aliphatic heterocycles. The lowest BCUT2D eigenvalue weighted by Gasteiger charge is -2.02. The van der Waals surface area contributed by atoms with Crippen molar-refractivity contribution in [1.29, 1.82) is 0 Å². The maximum absolute atomic E-state index is 11.6. The van der Waals surface area contributed by atoms with Gasteiger partial charge in [0, 0.05) is 17.5 Å². The molecule has 2 rings (SSSR count). The van der Waals surface area contributed by atoms with Gasteiger partial charge in [-0.2, -0.15) is 0 Å². The van der Waals surface area contributed by atoms with Crippen LogP contribution < -0.4 is 16.8 Å². The minimum atomic E-state index is -0.224. The average molecular weight is 257 g/mol. The van der Waals surface area contributed by atoms with E-state index in [2.05, 4.69) is 5.32 Å². The lowest BCUT2D eigenvalue weighted by molar-refractivity contribution is -0.116. The van der Waals surface area contributed by atoms with Crippen LogP contribution in [0.1, 0.15) is 11.3 Å². The van der Waals surface area contributed by atoms with Crippen molar-refractivity contribution in [3.05, 3.63) is 54.0 Å². The summed E-state index contributed by atoms with van der Waals surface area (Å²) in [5.41, 5.74) is 13.3. The van der Waals surface area contributed by atoms with E-state index >= 15 is 0 Å². The molecule has 0 spiro atoms. The number of carbonyl (C=O) groups is 1. The summed E-state index contributed by atoms with van der Waals surface area (Å²) in [5, 5.41) is 2.70. The third-order valence-corrected chi connectivity index (χ3v) is 2.54. The Kier molecular flexibility index (Phi) is 3.87. The zero-order valence-corrected chi connectivity index (χ0v) is 10.3. The molecule has 98 valence electrons. The molecule has 1 aromatic carbocycles. The third kappa shape index (κ3) is 3.64. The second kappa shape index (κ2) is 5.77. The molecule has 2 aromatic rings. The van der Waals surface area contributed by atoms with Gasteiger partial charge >= 0.3 is 0 Å². The summed E-state index contributed by atoms with van der Waals surface area (Å²) in [5.74, 6) is 0.475. The Morgan fingerprint density at radius 2 is 2.16 bits per heavy atom. The molecule has 5 heteroatoms. The summed E-state index contributed by atoms with van der Waals surface area (Å²) in [6, 6.07) is 8.69. The highest BCUT2D eigenvalue weighted by molar-refractivity contribution is 5.92. The first-order valence-corrected chi connectivity index (χ1v) is 5.78. The first-order valence-electron chi connectivity index (χ1n) is 5.78. The monoisotopic (exact) mass is 257 g/mol. The van der Waals surface area contributed by atoms with Gasteiger partial charge in [0.1, 0.15) is 5.76 Å². The number of anilines is 2. The van der Waals surface area contributed by atoms with E-state index in [1.165, 1.54) is 6.08 Å². The maximum Gasteiger partial charge on any atom is 0.244 e. The standard InChI is InChI=1S/C14H15N3O2/c15-11-4-5-13(16)10(8-11)3-6-14(18)17-9-12-2-1-7-19-12/h1-8H,9,15-16H2,(H,17,18)/b6-3+. The molecule has 0 aliphatic rings. The van der Waals surface area contributed by atoms with E-state index in [0.29, 0.717) is 29.2 Å². The smallest absolute Gasteiger partial charge is 0.244 e. The number of hydrogen-bond donors (Lipinski definition) is 3. The van der Waals surface area contributed by atoms with Crippen molar-refractivity contribution in [3.63, 3.8) is 0 Å². The van der Waals surface area contributed by atoms with E-state index in [0.717, 1.165) is 0 Å². The normalized spacial score (nSPS) is 10.7. The summed E-state index contributed by atoms with van der Waals surface area (Å²) in [6.45, 7) is 0.350. The zero-order valence-electron chi connectivity index (χ0n) is 10.3. The molecule has 0 saturated heterocycles. The number of nitrogens with one attached hydrogen (secondary N) is 1. The summed E-state index contributed by atoms with van der Waals surface area (Å²) >= 11 is 0. The van der Waals surface area contributed by atoms with Crippen LogP contribution >= 0.6 is 0 Å². The molecule has 5 N–H and O–H groups in total. The highest BCUT2D eigenvalue weighted by Crippen LogP contribution is 2.16. The number of rotatable bonds is 4. The summed E-state index contributed by atoms with van der Waals surface area (Å²) in [4.78, 5) is 11.6. The SMILES string of the molecule is Nc1ccc(N)c(/C=C/C(=O)NCc2ccco2)c1. The molecule has 0 bridgehead atoms. The number of amides is 1. The number of nitrogens with two attached hydrogens (primary N) is 2. The Morgan fingerprint density at radius 1 is 1.32 bits per heavy atom. The topological polar surface area (TPSA) is 94.3 Å². The Bertz CT molecular complexity index is 589. The molecule has 1 amide bonds. The van der Waals surface area contributed by atoms with Gasteiger partial charge in [-0.1, -0.05) is 0 Å². The number of nitrogen functional groups attached to an aromatic ring is 2. The minimum Gasteiger partial charge on any atom is -0.467 e. The highest BCUT2D eigenvalue weighted by atomic mass is 16.3. The van der Waals surface area contributed by atoms with E-state index in [9.17, 15) is 4.79 Å². The predicted octanol–water partition coefficient (Wildman–Crippen LogP) is 1.77. The van der Waals surface area contributed by atoms with Gasteiger partial charge in [-0.05, 0) is 42.0 Å². The van der Waals surface area contributed by atoms with Crippen molar-refractivity contribution in [1.82, 2.24) is 5.32 Å². The van der Waals surface area contributed by atoms with Crippen molar-refractivity contribution in [2.45, 2.75) is 6.54 Å². The fourth-order valence-corrected chi connectivity index (χ4v) is 1.55. The van der Waals surface area contributed by atoms with Crippen LogP contribution in [0.15, 0.2) is 47.1 Å². The van der Waals surface area contributed by atoms with Crippen molar-refractivity contribution < 1.29 is 9.21 Å². The van der Waals surface area contributed by atoms with E-state index in [4.69, 9.17) is 15.9 Å². The number of carbonyl (C=O) groups excluding carboxylic acids is 1. The lowest BCUT2D eigenvalue weighted by Crippen LogP contribution is -2.19. The number of hydrogen-bond acceptors (Lipinski definition) is 4. The predicted molar refractivity (Wildman–Crippen MR) is 74.9 cm³/mol. The van der Waals surface area contributed by atoms with Crippen LogP contribution in [0.5, 0.6) is 0 Å². The van der Waals surface area contributed by atoms with Crippen LogP contribution in [0.25, 0.3) is 6.08 Å². The molecule has 19 heavy (non-hydrogen) atoms. The fourth-order valence-electron chi connectivity index (χ4n) is 1.55. The Labute approximate surface area is 110 Å². The first kappa shape index (κ1) is 12.8. The van der Waals surface area contributed by atoms with Crippen molar-refractivity contribution in [3.8, 4) is 0 Å². The Balaban J connectivity index is 1.94. The van der Waals surface area contributed by atoms with Crippen molar-refractivity contribution in [2.24, 2.45) is 0 Å². The molecule has 0 fully saturated rings. The van der Waals surface area contributed by atoms with Crippen LogP contribution in [0.2, 0.25) is 0 Å². The van der Waals surface area contributed by atoms with Gasteiger partial charge in [-0.15, -0.1) is 0 Å². The fraction of sp³-hybridized carbons (Fsp3) is 0.0714. The molecular weight excluding hydrogens is 242 g/mol. The molecule has 5 nitrogen and oxygen atoms in total. The second-order valence-corrected chi connectivity index (χ2v) is 4.02. The molecule has 0 atom stereocenters. The van der Waals surface area contributed by atoms with Gasteiger partial charge in [0.15, 0.2) is 0 Å². The summed E-state index contributed by atoms with van der Waals surface area (Å²) in [7, 11) is 0. The average Bonchev–Trinajstić information content (AvgIpc) is 2.90. The van der Waals surface area contributed by atoms with Gasteiger partial charge in [0.2, 0.25) is 5.91 Å². The van der Waals surface area contributed by atoms with E-state index in [-0.39, 0.29) is 5.91 Å². The largest absolute Gasteiger partial charge is 0.467 e. The zero-order chi connectivity index (χ0) is 13.7. The van der Waals surface area contributed by atoms with E-state index < -0.39 is 0 Å². The van der Waals surface area contributed by atoms with Gasteiger partial charge in [0.25, 0.3) is 0 Å². The Morgan fingerprint density at radius 3 is 2.89 bits per heavy atom. The van der Waals surface area contributed by atoms with Crippen LogP contribution in [0, 0.1) is 0 Å². The van der Waals surface area contributed by atoms with Crippen molar-refractivity contribution in [2.75, 3.05) is 11.5 Å². The quantitative estimate of drug-likeness (QED) is 0.574. The minimum absolute atomic E-state index is 0.224. The first-order chi connectivity index (χ1) is 9.15. The summed E-state index contributed by atoms with van der Waals surface area (Å²) in [6.07, 6.45) is 4.60.